The third kappa shape index (κ3) is 2.42. The van der Waals surface area contributed by atoms with Crippen LogP contribution in [-0.2, 0) is 0 Å². The van der Waals surface area contributed by atoms with Gasteiger partial charge in [-0.05, 0) is 31.3 Å². The lowest BCUT2D eigenvalue weighted by Gasteiger charge is -2.20. The lowest BCUT2D eigenvalue weighted by Crippen LogP contribution is -2.37. The van der Waals surface area contributed by atoms with E-state index >= 15 is 0 Å². The molecule has 76 valence electrons. The summed E-state index contributed by atoms with van der Waals surface area (Å²) in [6.07, 6.45) is 0. The summed E-state index contributed by atoms with van der Waals surface area (Å²) in [5.41, 5.74) is 0.485. The first kappa shape index (κ1) is 10.9. The Balaban J connectivity index is 2.84. The zero-order valence-corrected chi connectivity index (χ0v) is 9.07. The Morgan fingerprint density at radius 1 is 1.50 bits per heavy atom. The topological polar surface area (TPSA) is 15.3 Å². The number of rotatable bonds is 2. The van der Waals surface area contributed by atoms with E-state index in [4.69, 9.17) is 12.2 Å². The van der Waals surface area contributed by atoms with E-state index in [-0.39, 0.29) is 5.82 Å². The summed E-state index contributed by atoms with van der Waals surface area (Å²) in [7, 11) is 1.74. The van der Waals surface area contributed by atoms with Crippen LogP contribution in [0.1, 0.15) is 6.92 Å². The molecule has 14 heavy (non-hydrogen) atoms. The van der Waals surface area contributed by atoms with Crippen LogP contribution >= 0.6 is 12.2 Å². The van der Waals surface area contributed by atoms with Gasteiger partial charge in [0.2, 0.25) is 0 Å². The van der Waals surface area contributed by atoms with Gasteiger partial charge in [-0.3, -0.25) is 0 Å². The highest BCUT2D eigenvalue weighted by atomic mass is 32.1. The number of hydrogen-bond donors (Lipinski definition) is 1. The molecule has 0 spiro atoms. The maximum Gasteiger partial charge on any atom is 0.173 e. The van der Waals surface area contributed by atoms with Gasteiger partial charge in [-0.25, -0.2) is 4.39 Å². The highest BCUT2D eigenvalue weighted by Gasteiger charge is 2.09. The van der Waals surface area contributed by atoms with Gasteiger partial charge in [-0.15, -0.1) is 0 Å². The first-order valence-corrected chi connectivity index (χ1v) is 4.83. The van der Waals surface area contributed by atoms with Crippen LogP contribution in [0.5, 0.6) is 0 Å². The monoisotopic (exact) mass is 212 g/mol. The number of hydrogen-bond acceptors (Lipinski definition) is 1. The molecule has 0 aliphatic rings. The van der Waals surface area contributed by atoms with Crippen LogP contribution in [0.4, 0.5) is 10.1 Å². The average molecular weight is 212 g/mol. The van der Waals surface area contributed by atoms with Gasteiger partial charge < -0.3 is 10.2 Å². The second-order valence-electron chi connectivity index (χ2n) is 2.85. The normalized spacial score (nSPS) is 9.64. The number of anilines is 1. The molecule has 2 nitrogen and oxygen atoms in total. The molecule has 0 aliphatic heterocycles. The van der Waals surface area contributed by atoms with E-state index in [0.29, 0.717) is 10.8 Å². The van der Waals surface area contributed by atoms with Crippen molar-refractivity contribution < 1.29 is 4.39 Å². The van der Waals surface area contributed by atoms with Gasteiger partial charge in [0.25, 0.3) is 0 Å². The maximum atomic E-state index is 13.3. The molecule has 1 aromatic rings. The van der Waals surface area contributed by atoms with Crippen molar-refractivity contribution in [2.24, 2.45) is 0 Å². The van der Waals surface area contributed by atoms with Crippen molar-refractivity contribution in [3.8, 4) is 0 Å². The summed E-state index contributed by atoms with van der Waals surface area (Å²) in [6.45, 7) is 2.68. The highest BCUT2D eigenvalue weighted by molar-refractivity contribution is 7.80. The third-order valence-electron chi connectivity index (χ3n) is 1.85. The largest absolute Gasteiger partial charge is 0.363 e. The van der Waals surface area contributed by atoms with Crippen LogP contribution in [0.15, 0.2) is 24.3 Å². The maximum absolute atomic E-state index is 13.3. The zero-order valence-electron chi connectivity index (χ0n) is 8.25. The lowest BCUT2D eigenvalue weighted by atomic mass is 10.3. The van der Waals surface area contributed by atoms with Gasteiger partial charge in [0.1, 0.15) is 5.82 Å². The number of nitrogens with one attached hydrogen (secondary N) is 1. The summed E-state index contributed by atoms with van der Waals surface area (Å²) in [5, 5.41) is 3.49. The van der Waals surface area contributed by atoms with Crippen molar-refractivity contribution in [2.45, 2.75) is 6.92 Å². The Labute approximate surface area is 88.7 Å². The number of nitrogens with zero attached hydrogens (tertiary/aromatic N) is 1. The van der Waals surface area contributed by atoms with E-state index in [1.54, 1.807) is 30.1 Å². The minimum absolute atomic E-state index is 0.268. The van der Waals surface area contributed by atoms with E-state index in [1.165, 1.54) is 6.07 Å². The first-order chi connectivity index (χ1) is 6.66. The fraction of sp³-hybridized carbons (Fsp3) is 0.300. The summed E-state index contributed by atoms with van der Waals surface area (Å²) in [4.78, 5) is 1.62. The molecule has 0 amide bonds. The number of halogens is 1. The van der Waals surface area contributed by atoms with Gasteiger partial charge in [0.05, 0.1) is 5.69 Å². The van der Waals surface area contributed by atoms with Crippen molar-refractivity contribution >= 4 is 23.0 Å². The molecule has 1 N–H and O–H groups in total. The molecule has 0 saturated heterocycles. The predicted octanol–water partition coefficient (Wildman–Crippen LogP) is 2.16. The van der Waals surface area contributed by atoms with Crippen molar-refractivity contribution in [2.75, 3.05) is 18.5 Å². The number of thiocarbonyl (C=S) groups is 1. The van der Waals surface area contributed by atoms with Crippen molar-refractivity contribution in [1.29, 1.82) is 0 Å². The van der Waals surface area contributed by atoms with Crippen LogP contribution in [0, 0.1) is 5.82 Å². The fourth-order valence-corrected chi connectivity index (χ4v) is 1.35. The van der Waals surface area contributed by atoms with Crippen molar-refractivity contribution in [1.82, 2.24) is 5.32 Å². The van der Waals surface area contributed by atoms with Gasteiger partial charge in [0, 0.05) is 13.6 Å². The molecule has 4 heteroatoms. The Hall–Kier alpha value is -1.16. The molecule has 0 heterocycles. The van der Waals surface area contributed by atoms with Crippen LogP contribution in [0.2, 0.25) is 0 Å². The van der Waals surface area contributed by atoms with E-state index in [1.807, 2.05) is 6.92 Å². The molecule has 0 aromatic heterocycles. The first-order valence-electron chi connectivity index (χ1n) is 4.43. The molecule has 0 fully saturated rings. The smallest absolute Gasteiger partial charge is 0.173 e. The summed E-state index contributed by atoms with van der Waals surface area (Å²) < 4.78 is 13.3. The van der Waals surface area contributed by atoms with Crippen molar-refractivity contribution in [3.05, 3.63) is 30.1 Å². The standard InChI is InChI=1S/C10H13FN2S/c1-3-12-10(14)13(2)9-7-5-4-6-8(9)11/h4-7H,3H2,1-2H3,(H,12,14). The van der Waals surface area contributed by atoms with Gasteiger partial charge >= 0.3 is 0 Å². The van der Waals surface area contributed by atoms with Crippen LogP contribution in [0.3, 0.4) is 0 Å². The lowest BCUT2D eigenvalue weighted by molar-refractivity contribution is 0.628. The van der Waals surface area contributed by atoms with Gasteiger partial charge in [-0.1, -0.05) is 12.1 Å². The zero-order chi connectivity index (χ0) is 10.6. The van der Waals surface area contributed by atoms with Gasteiger partial charge in [-0.2, -0.15) is 0 Å². The average Bonchev–Trinajstić information content (AvgIpc) is 2.18. The Bertz CT molecular complexity index is 328. The molecule has 0 atom stereocenters. The molecule has 1 aromatic carbocycles. The number of para-hydroxylation sites is 1. The van der Waals surface area contributed by atoms with Crippen LogP contribution in [0.25, 0.3) is 0 Å². The molecule has 1 rings (SSSR count). The van der Waals surface area contributed by atoms with Crippen molar-refractivity contribution in [3.63, 3.8) is 0 Å². The number of benzene rings is 1. The Morgan fingerprint density at radius 3 is 2.71 bits per heavy atom. The second-order valence-corrected chi connectivity index (χ2v) is 3.23. The molecule has 0 aliphatic carbocycles. The van der Waals surface area contributed by atoms with Gasteiger partial charge in [0.15, 0.2) is 5.11 Å². The fourth-order valence-electron chi connectivity index (χ4n) is 1.10. The van der Waals surface area contributed by atoms with Crippen LogP contribution in [-0.4, -0.2) is 18.7 Å². The minimum Gasteiger partial charge on any atom is -0.363 e. The molecule has 0 saturated carbocycles. The molecule has 0 bridgehead atoms. The Morgan fingerprint density at radius 2 is 2.14 bits per heavy atom. The molecular weight excluding hydrogens is 199 g/mol. The summed E-state index contributed by atoms with van der Waals surface area (Å²) >= 11 is 5.07. The summed E-state index contributed by atoms with van der Waals surface area (Å²) in [5.74, 6) is -0.268. The SMILES string of the molecule is CCNC(=S)N(C)c1ccccc1F. The predicted molar refractivity (Wildman–Crippen MR) is 61.1 cm³/mol. The van der Waals surface area contributed by atoms with Crippen LogP contribution < -0.4 is 10.2 Å². The minimum atomic E-state index is -0.268. The second kappa shape index (κ2) is 4.91. The Kier molecular flexibility index (Phi) is 3.83. The third-order valence-corrected chi connectivity index (χ3v) is 2.26. The molecule has 0 unspecified atom stereocenters. The van der Waals surface area contributed by atoms with E-state index in [2.05, 4.69) is 5.32 Å². The van der Waals surface area contributed by atoms with E-state index in [0.717, 1.165) is 6.54 Å². The molecular formula is C10H13FN2S. The quantitative estimate of drug-likeness (QED) is 0.756. The summed E-state index contributed by atoms with van der Waals surface area (Å²) in [6, 6.07) is 6.55. The highest BCUT2D eigenvalue weighted by Crippen LogP contribution is 2.16. The van der Waals surface area contributed by atoms with E-state index in [9.17, 15) is 4.39 Å². The van der Waals surface area contributed by atoms with E-state index < -0.39 is 0 Å². The molecule has 0 radical (unpaired) electrons.